The number of benzene rings is 1. The number of aromatic carboxylic acids is 1. The number of aromatic nitrogens is 2. The quantitative estimate of drug-likeness (QED) is 0.929. The van der Waals surface area contributed by atoms with Gasteiger partial charge in [-0.2, -0.15) is 10.4 Å². The van der Waals surface area contributed by atoms with Crippen molar-refractivity contribution in [3.8, 4) is 11.8 Å². The van der Waals surface area contributed by atoms with Crippen molar-refractivity contribution >= 4 is 5.97 Å². The number of nitrogens with zero attached hydrogens (tertiary/aromatic N) is 3. The average molecular weight is 285 g/mol. The molecule has 1 aromatic heterocycles. The maximum absolute atomic E-state index is 11.2. The van der Waals surface area contributed by atoms with E-state index < -0.39 is 5.97 Å². The molecule has 0 saturated heterocycles. The number of ether oxygens (including phenoxy) is 1. The zero-order chi connectivity index (χ0) is 15.6. The highest BCUT2D eigenvalue weighted by atomic mass is 16.5. The maximum Gasteiger partial charge on any atom is 0.339 e. The van der Waals surface area contributed by atoms with Gasteiger partial charge in [0.1, 0.15) is 11.3 Å². The second-order valence-electron chi connectivity index (χ2n) is 4.65. The molecule has 0 aliphatic heterocycles. The molecular weight excluding hydrogens is 270 g/mol. The van der Waals surface area contributed by atoms with Gasteiger partial charge in [-0.1, -0.05) is 0 Å². The second kappa shape index (κ2) is 5.67. The molecule has 1 heterocycles. The van der Waals surface area contributed by atoms with Gasteiger partial charge >= 0.3 is 5.97 Å². The lowest BCUT2D eigenvalue weighted by Crippen LogP contribution is -2.07. The summed E-state index contributed by atoms with van der Waals surface area (Å²) in [7, 11) is 1.55. The highest BCUT2D eigenvalue weighted by molar-refractivity contribution is 5.90. The summed E-state index contributed by atoms with van der Waals surface area (Å²) < 4.78 is 6.88. The third-order valence-electron chi connectivity index (χ3n) is 3.32. The molecule has 0 aliphatic rings. The van der Waals surface area contributed by atoms with Crippen LogP contribution in [-0.4, -0.2) is 28.0 Å². The van der Waals surface area contributed by atoms with Crippen molar-refractivity contribution in [2.24, 2.45) is 0 Å². The first-order valence-corrected chi connectivity index (χ1v) is 6.32. The Morgan fingerprint density at radius 3 is 2.71 bits per heavy atom. The molecule has 6 heteroatoms. The van der Waals surface area contributed by atoms with Crippen LogP contribution in [0.2, 0.25) is 0 Å². The first-order valence-electron chi connectivity index (χ1n) is 6.32. The molecule has 1 N–H and O–H groups in total. The van der Waals surface area contributed by atoms with E-state index in [2.05, 4.69) is 11.2 Å². The van der Waals surface area contributed by atoms with Crippen LogP contribution in [0.4, 0.5) is 0 Å². The molecule has 21 heavy (non-hydrogen) atoms. The van der Waals surface area contributed by atoms with Crippen molar-refractivity contribution < 1.29 is 14.6 Å². The van der Waals surface area contributed by atoms with E-state index in [0.29, 0.717) is 29.2 Å². The summed E-state index contributed by atoms with van der Waals surface area (Å²) in [6, 6.07) is 7.19. The number of rotatable bonds is 4. The lowest BCUT2D eigenvalue weighted by atomic mass is 10.1. The Morgan fingerprint density at radius 2 is 2.19 bits per heavy atom. The lowest BCUT2D eigenvalue weighted by Gasteiger charge is -2.10. The Morgan fingerprint density at radius 1 is 1.48 bits per heavy atom. The Kier molecular flexibility index (Phi) is 3.94. The maximum atomic E-state index is 11.2. The van der Waals surface area contributed by atoms with Crippen LogP contribution >= 0.6 is 0 Å². The summed E-state index contributed by atoms with van der Waals surface area (Å²) in [5, 5.41) is 22.4. The smallest absolute Gasteiger partial charge is 0.339 e. The molecular formula is C15H15N3O3. The number of aryl methyl sites for hydroxylation is 1. The van der Waals surface area contributed by atoms with Crippen LogP contribution in [0.25, 0.3) is 0 Å². The molecule has 6 nitrogen and oxygen atoms in total. The topological polar surface area (TPSA) is 88.1 Å². The van der Waals surface area contributed by atoms with Crippen LogP contribution in [0.1, 0.15) is 32.9 Å². The fourth-order valence-corrected chi connectivity index (χ4v) is 2.29. The van der Waals surface area contributed by atoms with Crippen molar-refractivity contribution in [2.75, 3.05) is 7.11 Å². The van der Waals surface area contributed by atoms with E-state index in [-0.39, 0.29) is 5.56 Å². The van der Waals surface area contributed by atoms with Crippen LogP contribution in [0.15, 0.2) is 18.2 Å². The molecule has 2 rings (SSSR count). The zero-order valence-corrected chi connectivity index (χ0v) is 12.0. The molecule has 0 unspecified atom stereocenters. The van der Waals surface area contributed by atoms with Crippen molar-refractivity contribution in [1.29, 1.82) is 5.26 Å². The third-order valence-corrected chi connectivity index (χ3v) is 3.32. The van der Waals surface area contributed by atoms with Crippen molar-refractivity contribution in [1.82, 2.24) is 9.78 Å². The van der Waals surface area contributed by atoms with Gasteiger partial charge in [0.15, 0.2) is 0 Å². The number of carboxylic acid groups (broad SMARTS) is 1. The molecule has 2 aromatic rings. The SMILES string of the molecule is COc1ccc(C#N)cc1Cn1nc(C)c(C(=O)O)c1C. The van der Waals surface area contributed by atoms with Gasteiger partial charge in [-0.3, -0.25) is 4.68 Å². The van der Waals surface area contributed by atoms with Gasteiger partial charge in [0, 0.05) is 5.56 Å². The predicted octanol–water partition coefficient (Wildman–Crippen LogP) is 2.13. The van der Waals surface area contributed by atoms with E-state index in [0.717, 1.165) is 5.56 Å². The summed E-state index contributed by atoms with van der Waals surface area (Å²) >= 11 is 0. The molecule has 0 bridgehead atoms. The summed E-state index contributed by atoms with van der Waals surface area (Å²) in [5.74, 6) is -0.354. The lowest BCUT2D eigenvalue weighted by molar-refractivity contribution is 0.0695. The fourth-order valence-electron chi connectivity index (χ4n) is 2.29. The molecule has 0 radical (unpaired) electrons. The van der Waals surface area contributed by atoms with E-state index in [1.54, 1.807) is 43.8 Å². The molecule has 0 saturated carbocycles. The Bertz CT molecular complexity index is 741. The van der Waals surface area contributed by atoms with Crippen LogP contribution in [0.3, 0.4) is 0 Å². The Hall–Kier alpha value is -2.81. The number of carbonyl (C=O) groups is 1. The van der Waals surface area contributed by atoms with Crippen molar-refractivity contribution in [2.45, 2.75) is 20.4 Å². The highest BCUT2D eigenvalue weighted by Gasteiger charge is 2.18. The van der Waals surface area contributed by atoms with Gasteiger partial charge in [0.25, 0.3) is 0 Å². The van der Waals surface area contributed by atoms with E-state index in [1.807, 2.05) is 0 Å². The predicted molar refractivity (Wildman–Crippen MR) is 75.5 cm³/mol. The van der Waals surface area contributed by atoms with Gasteiger partial charge in [0.2, 0.25) is 0 Å². The fraction of sp³-hybridized carbons (Fsp3) is 0.267. The van der Waals surface area contributed by atoms with Crippen molar-refractivity contribution in [3.63, 3.8) is 0 Å². The van der Waals surface area contributed by atoms with Crippen molar-refractivity contribution in [3.05, 3.63) is 46.3 Å². The van der Waals surface area contributed by atoms with E-state index >= 15 is 0 Å². The van der Waals surface area contributed by atoms with Crippen LogP contribution in [0.5, 0.6) is 5.75 Å². The summed E-state index contributed by atoms with van der Waals surface area (Å²) in [4.78, 5) is 11.2. The number of nitriles is 1. The van der Waals surface area contributed by atoms with E-state index in [1.165, 1.54) is 0 Å². The van der Waals surface area contributed by atoms with Gasteiger partial charge < -0.3 is 9.84 Å². The van der Waals surface area contributed by atoms with Crippen LogP contribution < -0.4 is 4.74 Å². The normalized spacial score (nSPS) is 10.2. The van der Waals surface area contributed by atoms with Gasteiger partial charge in [-0.25, -0.2) is 4.79 Å². The van der Waals surface area contributed by atoms with Gasteiger partial charge in [-0.05, 0) is 32.0 Å². The minimum atomic E-state index is -0.992. The standard InChI is InChI=1S/C15H15N3O3/c1-9-14(15(19)20)10(2)18(17-9)8-12-6-11(7-16)4-5-13(12)21-3/h4-6H,8H2,1-3H3,(H,19,20). The molecule has 0 aliphatic carbocycles. The van der Waals surface area contributed by atoms with Gasteiger partial charge in [-0.15, -0.1) is 0 Å². The summed E-state index contributed by atoms with van der Waals surface area (Å²) in [6.07, 6.45) is 0. The minimum Gasteiger partial charge on any atom is -0.496 e. The van der Waals surface area contributed by atoms with Crippen LogP contribution in [0, 0.1) is 25.2 Å². The largest absolute Gasteiger partial charge is 0.496 e. The molecule has 0 atom stereocenters. The number of methoxy groups -OCH3 is 1. The molecule has 0 amide bonds. The second-order valence-corrected chi connectivity index (χ2v) is 4.65. The Labute approximate surface area is 122 Å². The molecule has 0 fully saturated rings. The van der Waals surface area contributed by atoms with E-state index in [9.17, 15) is 9.90 Å². The first kappa shape index (κ1) is 14.6. The minimum absolute atomic E-state index is 0.213. The molecule has 108 valence electrons. The van der Waals surface area contributed by atoms with E-state index in [4.69, 9.17) is 10.00 Å². The zero-order valence-electron chi connectivity index (χ0n) is 12.0. The third kappa shape index (κ3) is 2.72. The van der Waals surface area contributed by atoms with Gasteiger partial charge in [0.05, 0.1) is 36.7 Å². The molecule has 1 aromatic carbocycles. The summed E-state index contributed by atoms with van der Waals surface area (Å²) in [5.41, 5.74) is 2.55. The summed E-state index contributed by atoms with van der Waals surface area (Å²) in [6.45, 7) is 3.72. The Balaban J connectivity index is 2.46. The number of hydrogen-bond donors (Lipinski definition) is 1. The van der Waals surface area contributed by atoms with Crippen LogP contribution in [-0.2, 0) is 6.54 Å². The molecule has 0 spiro atoms. The first-order chi connectivity index (χ1) is 9.97. The highest BCUT2D eigenvalue weighted by Crippen LogP contribution is 2.22. The average Bonchev–Trinajstić information content (AvgIpc) is 2.73. The number of carboxylic acids is 1. The monoisotopic (exact) mass is 285 g/mol. The number of hydrogen-bond acceptors (Lipinski definition) is 4.